The maximum Gasteiger partial charge on any atom is 0.337 e. The number of nitrogens with zero attached hydrogens (tertiary/aromatic N) is 1. The molecule has 162 valence electrons. The highest BCUT2D eigenvalue weighted by Gasteiger charge is 2.23. The highest BCUT2D eigenvalue weighted by Crippen LogP contribution is 2.32. The topological polar surface area (TPSA) is 75.5 Å². The van der Waals surface area contributed by atoms with Crippen molar-refractivity contribution in [3.8, 4) is 5.75 Å². The number of aromatic nitrogens is 1. The summed E-state index contributed by atoms with van der Waals surface area (Å²) < 4.78 is 10.8. The Hall–Kier alpha value is -3.80. The van der Waals surface area contributed by atoms with Crippen LogP contribution in [0.5, 0.6) is 5.75 Å². The highest BCUT2D eigenvalue weighted by atomic mass is 16.5. The summed E-state index contributed by atoms with van der Waals surface area (Å²) in [6.07, 6.45) is 4.91. The number of rotatable bonds is 4. The van der Waals surface area contributed by atoms with Gasteiger partial charge in [-0.25, -0.2) is 4.79 Å². The molecule has 6 heteroatoms. The average molecular weight is 428 g/mol. The standard InChI is InChI=1S/C26H24N2O4/c1-3-31-18-7-8-19-20(14-24(29)32-23(19)13-18)26(30)28-11-9-17(10-12-28)21-15-27-22-6-4-5-16(2)25(21)22/h4-9,13-15,27H,3,10-12H2,1-2H3. The molecule has 1 aliphatic heterocycles. The summed E-state index contributed by atoms with van der Waals surface area (Å²) in [5.74, 6) is 0.435. The number of nitrogens with one attached hydrogen (secondary N) is 1. The first-order valence-corrected chi connectivity index (χ1v) is 10.8. The number of fused-ring (bicyclic) bond motifs is 2. The number of amides is 1. The fourth-order valence-corrected chi connectivity index (χ4v) is 4.47. The minimum absolute atomic E-state index is 0.169. The van der Waals surface area contributed by atoms with Gasteiger partial charge in [0.15, 0.2) is 0 Å². The van der Waals surface area contributed by atoms with Gasteiger partial charge in [0.25, 0.3) is 5.91 Å². The van der Waals surface area contributed by atoms with Crippen molar-refractivity contribution in [2.24, 2.45) is 0 Å². The van der Waals surface area contributed by atoms with Gasteiger partial charge in [0, 0.05) is 53.3 Å². The van der Waals surface area contributed by atoms with Gasteiger partial charge in [-0.15, -0.1) is 0 Å². The second kappa shape index (κ2) is 8.04. The molecule has 0 atom stereocenters. The Labute approximate surface area is 185 Å². The summed E-state index contributed by atoms with van der Waals surface area (Å²) in [5, 5.41) is 1.84. The Morgan fingerprint density at radius 2 is 2.09 bits per heavy atom. The summed E-state index contributed by atoms with van der Waals surface area (Å²) >= 11 is 0. The van der Waals surface area contributed by atoms with Gasteiger partial charge in [-0.05, 0) is 49.6 Å². The first-order valence-electron chi connectivity index (χ1n) is 10.8. The van der Waals surface area contributed by atoms with Crippen molar-refractivity contribution >= 4 is 33.4 Å². The van der Waals surface area contributed by atoms with Gasteiger partial charge in [-0.2, -0.15) is 0 Å². The highest BCUT2D eigenvalue weighted by molar-refractivity contribution is 6.06. The number of aryl methyl sites for hydroxylation is 1. The van der Waals surface area contributed by atoms with E-state index in [9.17, 15) is 9.59 Å². The van der Waals surface area contributed by atoms with E-state index in [0.29, 0.717) is 42.0 Å². The molecule has 2 aromatic heterocycles. The van der Waals surface area contributed by atoms with E-state index in [4.69, 9.17) is 9.15 Å². The van der Waals surface area contributed by atoms with Crippen LogP contribution in [-0.2, 0) is 0 Å². The molecule has 0 fully saturated rings. The molecule has 1 aliphatic rings. The van der Waals surface area contributed by atoms with Gasteiger partial charge in [-0.1, -0.05) is 18.2 Å². The van der Waals surface area contributed by atoms with Crippen molar-refractivity contribution in [1.29, 1.82) is 0 Å². The molecule has 0 radical (unpaired) electrons. The van der Waals surface area contributed by atoms with Crippen molar-refractivity contribution in [1.82, 2.24) is 9.88 Å². The lowest BCUT2D eigenvalue weighted by Gasteiger charge is -2.27. The van der Waals surface area contributed by atoms with Crippen LogP contribution in [0.4, 0.5) is 0 Å². The number of hydrogen-bond donors (Lipinski definition) is 1. The SMILES string of the molecule is CCOc1ccc2c(C(=O)N3CC=C(c4c[nH]c5cccc(C)c45)CC3)cc(=O)oc2c1. The van der Waals surface area contributed by atoms with Gasteiger partial charge < -0.3 is 19.0 Å². The van der Waals surface area contributed by atoms with E-state index < -0.39 is 5.63 Å². The Bertz CT molecular complexity index is 1430. The van der Waals surface area contributed by atoms with E-state index in [1.807, 2.05) is 19.2 Å². The normalized spacial score (nSPS) is 14.1. The molecule has 0 unspecified atom stereocenters. The lowest BCUT2D eigenvalue weighted by Crippen LogP contribution is -2.35. The molecule has 0 spiro atoms. The molecule has 6 nitrogen and oxygen atoms in total. The number of H-pyrrole nitrogens is 1. The van der Waals surface area contributed by atoms with Gasteiger partial charge in [0.05, 0.1) is 12.2 Å². The molecule has 32 heavy (non-hydrogen) atoms. The number of aromatic amines is 1. The van der Waals surface area contributed by atoms with E-state index in [2.05, 4.69) is 30.1 Å². The smallest absolute Gasteiger partial charge is 0.337 e. The Balaban J connectivity index is 1.45. The van der Waals surface area contributed by atoms with Gasteiger partial charge in [0.2, 0.25) is 0 Å². The molecule has 5 rings (SSSR count). The van der Waals surface area contributed by atoms with Crippen LogP contribution in [0.2, 0.25) is 0 Å². The molecule has 4 aromatic rings. The molecule has 0 saturated carbocycles. The van der Waals surface area contributed by atoms with Crippen molar-refractivity contribution in [2.45, 2.75) is 20.3 Å². The van der Waals surface area contributed by atoms with Crippen molar-refractivity contribution < 1.29 is 13.9 Å². The van der Waals surface area contributed by atoms with E-state index >= 15 is 0 Å². The zero-order valence-corrected chi connectivity index (χ0v) is 18.1. The van der Waals surface area contributed by atoms with Gasteiger partial charge in [0.1, 0.15) is 11.3 Å². The third-order valence-corrected chi connectivity index (χ3v) is 6.01. The van der Waals surface area contributed by atoms with Crippen LogP contribution in [0.15, 0.2) is 63.9 Å². The van der Waals surface area contributed by atoms with Crippen LogP contribution in [-0.4, -0.2) is 35.5 Å². The van der Waals surface area contributed by atoms with Crippen LogP contribution in [0.3, 0.4) is 0 Å². The van der Waals surface area contributed by atoms with Crippen molar-refractivity contribution in [3.63, 3.8) is 0 Å². The fourth-order valence-electron chi connectivity index (χ4n) is 4.47. The number of carbonyl (C=O) groups excluding carboxylic acids is 1. The summed E-state index contributed by atoms with van der Waals surface area (Å²) in [7, 11) is 0. The Kier molecular flexibility index (Phi) is 5.05. The van der Waals surface area contributed by atoms with Crippen LogP contribution in [0.1, 0.15) is 34.8 Å². The monoisotopic (exact) mass is 428 g/mol. The molecule has 2 aromatic carbocycles. The number of benzene rings is 2. The third kappa shape index (κ3) is 3.47. The molecule has 0 aliphatic carbocycles. The predicted octanol–water partition coefficient (Wildman–Crippen LogP) is 4.91. The largest absolute Gasteiger partial charge is 0.494 e. The van der Waals surface area contributed by atoms with Crippen LogP contribution >= 0.6 is 0 Å². The molecule has 1 N–H and O–H groups in total. The third-order valence-electron chi connectivity index (χ3n) is 6.01. The van der Waals surface area contributed by atoms with E-state index in [-0.39, 0.29) is 5.91 Å². The molecule has 1 amide bonds. The summed E-state index contributed by atoms with van der Waals surface area (Å²) in [6.45, 7) is 5.58. The zero-order chi connectivity index (χ0) is 22.2. The second-order valence-electron chi connectivity index (χ2n) is 8.00. The maximum atomic E-state index is 13.3. The van der Waals surface area contributed by atoms with E-state index in [1.165, 1.54) is 28.2 Å². The molecular weight excluding hydrogens is 404 g/mol. The second-order valence-corrected chi connectivity index (χ2v) is 8.00. The average Bonchev–Trinajstić information content (AvgIpc) is 3.24. The minimum atomic E-state index is -0.544. The summed E-state index contributed by atoms with van der Waals surface area (Å²) in [6, 6.07) is 12.7. The zero-order valence-electron chi connectivity index (χ0n) is 18.1. The summed E-state index contributed by atoms with van der Waals surface area (Å²) in [5.41, 5.74) is 4.94. The molecular formula is C26H24N2O4. The Morgan fingerprint density at radius 1 is 1.22 bits per heavy atom. The van der Waals surface area contributed by atoms with E-state index in [1.54, 1.807) is 23.1 Å². The molecule has 0 saturated heterocycles. The Morgan fingerprint density at radius 3 is 2.88 bits per heavy atom. The first kappa shape index (κ1) is 20.1. The quantitative estimate of drug-likeness (QED) is 0.469. The fraction of sp³-hybridized carbons (Fsp3) is 0.231. The number of hydrogen-bond acceptors (Lipinski definition) is 4. The lowest BCUT2D eigenvalue weighted by atomic mass is 9.96. The van der Waals surface area contributed by atoms with Crippen LogP contribution in [0, 0.1) is 6.92 Å². The first-order chi connectivity index (χ1) is 15.5. The van der Waals surface area contributed by atoms with Crippen molar-refractivity contribution in [2.75, 3.05) is 19.7 Å². The molecule has 3 heterocycles. The number of ether oxygens (including phenoxy) is 1. The summed E-state index contributed by atoms with van der Waals surface area (Å²) in [4.78, 5) is 30.6. The van der Waals surface area contributed by atoms with Crippen LogP contribution < -0.4 is 10.4 Å². The van der Waals surface area contributed by atoms with Gasteiger partial charge >= 0.3 is 5.63 Å². The maximum absolute atomic E-state index is 13.3. The van der Waals surface area contributed by atoms with Gasteiger partial charge in [-0.3, -0.25) is 4.79 Å². The number of carbonyl (C=O) groups is 1. The lowest BCUT2D eigenvalue weighted by molar-refractivity contribution is 0.0774. The molecule has 0 bridgehead atoms. The van der Waals surface area contributed by atoms with Crippen LogP contribution in [0.25, 0.3) is 27.4 Å². The predicted molar refractivity (Wildman–Crippen MR) is 125 cm³/mol. The van der Waals surface area contributed by atoms with E-state index in [0.717, 1.165) is 11.9 Å². The van der Waals surface area contributed by atoms with Crippen molar-refractivity contribution in [3.05, 3.63) is 81.8 Å². The minimum Gasteiger partial charge on any atom is -0.494 e.